The second-order valence-corrected chi connectivity index (χ2v) is 15.4. The molecule has 5 rings (SSSR count). The third-order valence-electron chi connectivity index (χ3n) is 8.46. The Bertz CT molecular complexity index is 1330. The molecule has 1 amide bonds. The van der Waals surface area contributed by atoms with Crippen LogP contribution in [0.4, 0.5) is 9.80 Å². The third kappa shape index (κ3) is 6.23. The fourth-order valence-corrected chi connectivity index (χ4v) is 8.19. The number of aromatic nitrogens is 3. The minimum Gasteiger partial charge on any atom is -0.490 e. The van der Waals surface area contributed by atoms with E-state index in [2.05, 4.69) is 22.6 Å². The summed E-state index contributed by atoms with van der Waals surface area (Å²) in [7, 11) is -1.53. The SMILES string of the molecule is CO[C@H]1c2cc(N3CCNCC3=O)ccc2O[C@@H](C(CCn2cc(C(CO)c3ccccc3)nn2)[Si](C)(C)F)[C@@H]1C. The predicted octanol–water partition coefficient (Wildman–Crippen LogP) is 4.06. The number of nitrogens with zero attached hydrogens (tertiary/aromatic N) is 4. The van der Waals surface area contributed by atoms with Crippen LogP contribution in [-0.2, 0) is 16.1 Å². The highest BCUT2D eigenvalue weighted by molar-refractivity contribution is 6.72. The molecule has 0 aliphatic carbocycles. The maximum atomic E-state index is 16.0. The molecule has 0 radical (unpaired) electrons. The van der Waals surface area contributed by atoms with Crippen molar-refractivity contribution in [3.63, 3.8) is 0 Å². The third-order valence-corrected chi connectivity index (χ3v) is 10.8. The fourth-order valence-electron chi connectivity index (χ4n) is 6.22. The number of aliphatic hydroxyl groups excluding tert-OH is 1. The molecular weight excluding hydrogens is 541 g/mol. The lowest BCUT2D eigenvalue weighted by atomic mass is 9.86. The van der Waals surface area contributed by atoms with Crippen molar-refractivity contribution in [2.24, 2.45) is 5.92 Å². The minimum absolute atomic E-state index is 0.0309. The molecule has 9 nitrogen and oxygen atoms in total. The molecule has 5 atom stereocenters. The lowest BCUT2D eigenvalue weighted by molar-refractivity contribution is -0.118. The lowest BCUT2D eigenvalue weighted by Gasteiger charge is -2.43. The lowest BCUT2D eigenvalue weighted by Crippen LogP contribution is -2.48. The number of carbonyl (C=O) groups excluding carboxylic acids is 1. The molecule has 1 fully saturated rings. The van der Waals surface area contributed by atoms with Gasteiger partial charge >= 0.3 is 0 Å². The van der Waals surface area contributed by atoms with Crippen LogP contribution in [0.3, 0.4) is 0 Å². The van der Waals surface area contributed by atoms with E-state index in [1.807, 2.05) is 54.7 Å². The summed E-state index contributed by atoms with van der Waals surface area (Å²) < 4.78 is 30.3. The van der Waals surface area contributed by atoms with Gasteiger partial charge in [0.2, 0.25) is 14.3 Å². The van der Waals surface area contributed by atoms with Crippen LogP contribution in [0, 0.1) is 5.92 Å². The Morgan fingerprint density at radius 3 is 2.71 bits per heavy atom. The number of halogens is 1. The Labute approximate surface area is 241 Å². The molecule has 2 aliphatic heterocycles. The first-order valence-corrected chi connectivity index (χ1v) is 17.3. The topological polar surface area (TPSA) is 102 Å². The summed E-state index contributed by atoms with van der Waals surface area (Å²) in [6.07, 6.45) is 1.69. The van der Waals surface area contributed by atoms with Gasteiger partial charge in [-0.1, -0.05) is 42.5 Å². The van der Waals surface area contributed by atoms with Gasteiger partial charge in [0.25, 0.3) is 0 Å². The predicted molar refractivity (Wildman–Crippen MR) is 157 cm³/mol. The maximum Gasteiger partial charge on any atom is 0.247 e. The van der Waals surface area contributed by atoms with Gasteiger partial charge in [-0.15, -0.1) is 5.10 Å². The van der Waals surface area contributed by atoms with Crippen LogP contribution in [-0.4, -0.2) is 73.9 Å². The summed E-state index contributed by atoms with van der Waals surface area (Å²) in [4.78, 5) is 14.3. The van der Waals surface area contributed by atoms with Gasteiger partial charge in [0.15, 0.2) is 0 Å². The van der Waals surface area contributed by atoms with Crippen LogP contribution < -0.4 is 15.0 Å². The largest absolute Gasteiger partial charge is 0.490 e. The van der Waals surface area contributed by atoms with Gasteiger partial charge in [-0.2, -0.15) is 0 Å². The number of aliphatic hydroxyl groups is 1. The summed E-state index contributed by atoms with van der Waals surface area (Å²) in [6.45, 7) is 7.57. The number of hydrogen-bond donors (Lipinski definition) is 2. The van der Waals surface area contributed by atoms with Gasteiger partial charge in [0.05, 0.1) is 30.9 Å². The smallest absolute Gasteiger partial charge is 0.247 e. The number of amides is 1. The van der Waals surface area contributed by atoms with Gasteiger partial charge in [-0.05, 0) is 43.3 Å². The Morgan fingerprint density at radius 1 is 1.24 bits per heavy atom. The molecular formula is C30H40FN5O4Si. The molecule has 3 heterocycles. The normalized spacial score (nSPS) is 22.6. The van der Waals surface area contributed by atoms with Gasteiger partial charge in [0.1, 0.15) is 11.9 Å². The van der Waals surface area contributed by atoms with Crippen LogP contribution in [0.5, 0.6) is 5.75 Å². The van der Waals surface area contributed by atoms with Gasteiger partial charge < -0.3 is 28.9 Å². The molecule has 1 saturated heterocycles. The van der Waals surface area contributed by atoms with Crippen molar-refractivity contribution in [3.8, 4) is 5.75 Å². The number of nitrogens with one attached hydrogen (secondary N) is 1. The zero-order valence-electron chi connectivity index (χ0n) is 24.2. The van der Waals surface area contributed by atoms with Crippen molar-refractivity contribution in [1.82, 2.24) is 20.3 Å². The number of piperazine rings is 1. The molecule has 11 heteroatoms. The average molecular weight is 582 g/mol. The van der Waals surface area contributed by atoms with E-state index in [0.717, 1.165) is 23.4 Å². The summed E-state index contributed by atoms with van der Waals surface area (Å²) >= 11 is 0. The first-order chi connectivity index (χ1) is 19.7. The summed E-state index contributed by atoms with van der Waals surface area (Å²) in [5.41, 5.74) is 3.03. The number of ether oxygens (including phenoxy) is 2. The molecule has 2 unspecified atom stereocenters. The van der Waals surface area contributed by atoms with Crippen molar-refractivity contribution in [2.75, 3.05) is 38.3 Å². The summed E-state index contributed by atoms with van der Waals surface area (Å²) in [6, 6.07) is 15.5. The van der Waals surface area contributed by atoms with E-state index < -0.39 is 8.41 Å². The van der Waals surface area contributed by atoms with E-state index in [4.69, 9.17) is 9.47 Å². The molecule has 1 aromatic heterocycles. The van der Waals surface area contributed by atoms with E-state index in [9.17, 15) is 9.90 Å². The van der Waals surface area contributed by atoms with Crippen LogP contribution in [0.15, 0.2) is 54.7 Å². The molecule has 0 spiro atoms. The number of fused-ring (bicyclic) bond motifs is 1. The minimum atomic E-state index is -3.20. The molecule has 2 aromatic carbocycles. The first kappa shape index (κ1) is 29.4. The van der Waals surface area contributed by atoms with Crippen LogP contribution in [0.1, 0.15) is 42.2 Å². The highest BCUT2D eigenvalue weighted by Crippen LogP contribution is 2.48. The Morgan fingerprint density at radius 2 is 2.02 bits per heavy atom. The van der Waals surface area contributed by atoms with Crippen molar-refractivity contribution < 1.29 is 23.5 Å². The number of carbonyl (C=O) groups is 1. The monoisotopic (exact) mass is 581 g/mol. The Balaban J connectivity index is 1.35. The van der Waals surface area contributed by atoms with E-state index in [0.29, 0.717) is 37.5 Å². The standard InChI is InChI=1S/C30H40FN5O4Si/c1-20-29(39-2)23-16-22(36-15-13-32-17-28(36)38)10-11-26(23)40-30(20)27(41(3,4)31)12-14-35-18-25(33-34-35)24(19-37)21-8-6-5-7-9-21/h5-11,16,18,20,24,27,29-30,32,37H,12-15,17,19H2,1-4H3/t20-,24?,27?,29-,30-/m1/s1. The van der Waals surface area contributed by atoms with Gasteiger partial charge in [-0.3, -0.25) is 9.48 Å². The maximum absolute atomic E-state index is 16.0. The second-order valence-electron chi connectivity index (χ2n) is 11.6. The zero-order chi connectivity index (χ0) is 29.1. The fraction of sp³-hybridized carbons (Fsp3) is 0.500. The van der Waals surface area contributed by atoms with E-state index in [1.165, 1.54) is 0 Å². The first-order valence-electron chi connectivity index (χ1n) is 14.3. The van der Waals surface area contributed by atoms with Crippen molar-refractivity contribution in [3.05, 3.63) is 71.5 Å². The quantitative estimate of drug-likeness (QED) is 0.275. The van der Waals surface area contributed by atoms with Crippen molar-refractivity contribution in [2.45, 2.75) is 56.7 Å². The average Bonchev–Trinajstić information content (AvgIpc) is 3.42. The van der Waals surface area contributed by atoms with E-state index >= 15 is 4.11 Å². The molecule has 0 saturated carbocycles. The van der Waals surface area contributed by atoms with Crippen molar-refractivity contribution in [1.29, 1.82) is 0 Å². The van der Waals surface area contributed by atoms with E-state index in [-0.39, 0.29) is 42.1 Å². The van der Waals surface area contributed by atoms with Crippen LogP contribution in [0.25, 0.3) is 0 Å². The summed E-state index contributed by atoms with van der Waals surface area (Å²) in [5.74, 6) is 0.321. The Kier molecular flexibility index (Phi) is 8.88. The van der Waals surface area contributed by atoms with Gasteiger partial charge in [0, 0.05) is 55.7 Å². The van der Waals surface area contributed by atoms with Crippen LogP contribution >= 0.6 is 0 Å². The molecule has 2 N–H and O–H groups in total. The molecule has 41 heavy (non-hydrogen) atoms. The summed E-state index contributed by atoms with van der Waals surface area (Å²) in [5, 5.41) is 21.8. The molecule has 220 valence electrons. The zero-order valence-corrected chi connectivity index (χ0v) is 25.2. The van der Waals surface area contributed by atoms with E-state index in [1.54, 1.807) is 29.8 Å². The second kappa shape index (κ2) is 12.4. The van der Waals surface area contributed by atoms with Crippen LogP contribution in [0.2, 0.25) is 18.6 Å². The number of rotatable bonds is 10. The number of methoxy groups -OCH3 is 1. The Hall–Kier alpha value is -3.12. The highest BCUT2D eigenvalue weighted by Gasteiger charge is 2.47. The van der Waals surface area contributed by atoms with Gasteiger partial charge in [-0.25, -0.2) is 0 Å². The number of hydrogen-bond acceptors (Lipinski definition) is 7. The number of aryl methyl sites for hydroxylation is 1. The molecule has 3 aromatic rings. The molecule has 0 bridgehead atoms. The van der Waals surface area contributed by atoms with Crippen molar-refractivity contribution >= 4 is 20.0 Å². The number of anilines is 1. The highest BCUT2D eigenvalue weighted by atomic mass is 28.4. The molecule has 2 aliphatic rings. The number of benzene rings is 2.